The molecule has 0 atom stereocenters. The van der Waals surface area contributed by atoms with Crippen LogP contribution in [0.25, 0.3) is 0 Å². The van der Waals surface area contributed by atoms with Gasteiger partial charge < -0.3 is 10.2 Å². The van der Waals surface area contributed by atoms with E-state index in [-0.39, 0.29) is 6.54 Å². The van der Waals surface area contributed by atoms with Crippen LogP contribution in [0.3, 0.4) is 0 Å². The number of carbonyl (C=O) groups is 1. The molecule has 0 aliphatic rings. The van der Waals surface area contributed by atoms with Crippen LogP contribution >= 0.6 is 0 Å². The summed E-state index contributed by atoms with van der Waals surface area (Å²) in [5, 5.41) is 17.5. The number of nitrogens with one attached hydrogen (secondary N) is 1. The Morgan fingerprint density at radius 1 is 1.43 bits per heavy atom. The highest BCUT2D eigenvalue weighted by Gasteiger charge is 2.18. The Kier molecular flexibility index (Phi) is 4.50. The number of hydrogen-bond acceptors (Lipinski definition) is 4. The second-order valence-electron chi connectivity index (χ2n) is 3.60. The first-order valence-corrected chi connectivity index (χ1v) is 5.69. The molecule has 3 N–H and O–H groups in total. The zero-order valence-electron chi connectivity index (χ0n) is 8.15. The van der Waals surface area contributed by atoms with Crippen molar-refractivity contribution >= 4 is 16.0 Å². The van der Waals surface area contributed by atoms with E-state index < -0.39 is 33.8 Å². The lowest BCUT2D eigenvalue weighted by Gasteiger charge is -2.17. The molecule has 7 heteroatoms. The van der Waals surface area contributed by atoms with Crippen molar-refractivity contribution in [2.24, 2.45) is 0 Å². The summed E-state index contributed by atoms with van der Waals surface area (Å²) in [4.78, 5) is 10.1. The lowest BCUT2D eigenvalue weighted by atomic mass is 10.1. The third kappa shape index (κ3) is 7.96. The average molecular weight is 225 g/mol. The van der Waals surface area contributed by atoms with E-state index in [0.29, 0.717) is 0 Å². The van der Waals surface area contributed by atoms with Crippen molar-refractivity contribution in [1.29, 1.82) is 0 Å². The van der Waals surface area contributed by atoms with Gasteiger partial charge in [-0.05, 0) is 13.8 Å². The number of carboxylic acid groups (broad SMARTS) is 1. The standard InChI is InChI=1S/C7H15NO5S/c1-7(2,11)5-8-14(12,13)4-3-6(9)10/h8,11H,3-5H2,1-2H3,(H,9,10). The molecule has 14 heavy (non-hydrogen) atoms. The van der Waals surface area contributed by atoms with Crippen LogP contribution in [-0.2, 0) is 14.8 Å². The van der Waals surface area contributed by atoms with E-state index in [1.54, 1.807) is 0 Å². The fraction of sp³-hybridized carbons (Fsp3) is 0.857. The number of aliphatic hydroxyl groups is 1. The van der Waals surface area contributed by atoms with E-state index >= 15 is 0 Å². The van der Waals surface area contributed by atoms with Crippen LogP contribution in [0, 0.1) is 0 Å². The third-order valence-electron chi connectivity index (χ3n) is 1.31. The van der Waals surface area contributed by atoms with Crippen LogP contribution in [0.2, 0.25) is 0 Å². The van der Waals surface area contributed by atoms with E-state index in [0.717, 1.165) is 0 Å². The molecule has 0 aromatic rings. The van der Waals surface area contributed by atoms with Gasteiger partial charge in [0.05, 0.1) is 17.8 Å². The van der Waals surface area contributed by atoms with Gasteiger partial charge in [-0.15, -0.1) is 0 Å². The van der Waals surface area contributed by atoms with Gasteiger partial charge in [-0.2, -0.15) is 0 Å². The molecule has 0 saturated carbocycles. The maximum Gasteiger partial charge on any atom is 0.304 e. The number of carboxylic acids is 1. The van der Waals surface area contributed by atoms with Crippen molar-refractivity contribution in [1.82, 2.24) is 4.72 Å². The molecule has 84 valence electrons. The molecule has 0 aromatic carbocycles. The minimum atomic E-state index is -3.60. The smallest absolute Gasteiger partial charge is 0.304 e. The summed E-state index contributed by atoms with van der Waals surface area (Å²) >= 11 is 0. The molecule has 6 nitrogen and oxygen atoms in total. The Morgan fingerprint density at radius 3 is 2.29 bits per heavy atom. The van der Waals surface area contributed by atoms with Crippen LogP contribution in [0.1, 0.15) is 20.3 Å². The van der Waals surface area contributed by atoms with Crippen LogP contribution in [0.5, 0.6) is 0 Å². The van der Waals surface area contributed by atoms with Gasteiger partial charge in [0.25, 0.3) is 0 Å². The largest absolute Gasteiger partial charge is 0.481 e. The Bertz CT molecular complexity index is 290. The Labute approximate surface area is 83.0 Å². The Hall–Kier alpha value is -0.660. The van der Waals surface area contributed by atoms with E-state index in [1.807, 2.05) is 0 Å². The monoisotopic (exact) mass is 225 g/mol. The van der Waals surface area contributed by atoms with Crippen LogP contribution in [-0.4, -0.2) is 42.5 Å². The number of aliphatic carboxylic acids is 1. The van der Waals surface area contributed by atoms with Crippen LogP contribution in [0.15, 0.2) is 0 Å². The van der Waals surface area contributed by atoms with E-state index in [9.17, 15) is 18.3 Å². The third-order valence-corrected chi connectivity index (χ3v) is 2.64. The molecule has 0 amide bonds. The first kappa shape index (κ1) is 13.3. The lowest BCUT2D eigenvalue weighted by molar-refractivity contribution is -0.136. The zero-order chi connectivity index (χ0) is 11.4. The molecule has 0 aliphatic heterocycles. The normalized spacial score (nSPS) is 12.8. The van der Waals surface area contributed by atoms with Crippen LogP contribution < -0.4 is 4.72 Å². The molecule has 0 bridgehead atoms. The highest BCUT2D eigenvalue weighted by molar-refractivity contribution is 7.89. The summed E-state index contributed by atoms with van der Waals surface area (Å²) in [6.45, 7) is 2.77. The summed E-state index contributed by atoms with van der Waals surface area (Å²) in [5.74, 6) is -1.64. The van der Waals surface area contributed by atoms with Crippen molar-refractivity contribution in [2.75, 3.05) is 12.3 Å². The molecule has 0 spiro atoms. The van der Waals surface area contributed by atoms with E-state index in [2.05, 4.69) is 4.72 Å². The van der Waals surface area contributed by atoms with Gasteiger partial charge in [-0.25, -0.2) is 13.1 Å². The first-order valence-electron chi connectivity index (χ1n) is 4.04. The number of sulfonamides is 1. The fourth-order valence-corrected chi connectivity index (χ4v) is 1.74. The molecule has 0 heterocycles. The molecule has 0 fully saturated rings. The molecule has 0 unspecified atom stereocenters. The van der Waals surface area contributed by atoms with Gasteiger partial charge in [0, 0.05) is 6.54 Å². The lowest BCUT2D eigenvalue weighted by Crippen LogP contribution is -2.39. The zero-order valence-corrected chi connectivity index (χ0v) is 8.97. The topological polar surface area (TPSA) is 104 Å². The summed E-state index contributed by atoms with van der Waals surface area (Å²) in [7, 11) is -3.60. The van der Waals surface area contributed by atoms with Crippen molar-refractivity contribution in [3.8, 4) is 0 Å². The second kappa shape index (κ2) is 4.72. The average Bonchev–Trinajstić information content (AvgIpc) is 1.97. The van der Waals surface area contributed by atoms with E-state index in [4.69, 9.17) is 5.11 Å². The van der Waals surface area contributed by atoms with Crippen molar-refractivity contribution in [2.45, 2.75) is 25.9 Å². The summed E-state index contributed by atoms with van der Waals surface area (Å²) in [6, 6.07) is 0. The molecule has 0 aliphatic carbocycles. The molecule has 0 radical (unpaired) electrons. The van der Waals surface area contributed by atoms with Gasteiger partial charge in [0.2, 0.25) is 10.0 Å². The predicted octanol–water partition coefficient (Wildman–Crippen LogP) is -0.849. The molecule has 0 saturated heterocycles. The van der Waals surface area contributed by atoms with Crippen molar-refractivity contribution in [3.63, 3.8) is 0 Å². The molecular formula is C7H15NO5S. The maximum absolute atomic E-state index is 11.1. The van der Waals surface area contributed by atoms with Crippen molar-refractivity contribution < 1.29 is 23.4 Å². The Morgan fingerprint density at radius 2 is 1.93 bits per heavy atom. The number of hydrogen-bond donors (Lipinski definition) is 3. The van der Waals surface area contributed by atoms with Gasteiger partial charge >= 0.3 is 5.97 Å². The second-order valence-corrected chi connectivity index (χ2v) is 5.52. The highest BCUT2D eigenvalue weighted by atomic mass is 32.2. The number of rotatable bonds is 6. The minimum absolute atomic E-state index is 0.130. The van der Waals surface area contributed by atoms with Gasteiger partial charge in [-0.3, -0.25) is 4.79 Å². The van der Waals surface area contributed by atoms with Crippen LogP contribution in [0.4, 0.5) is 0 Å². The minimum Gasteiger partial charge on any atom is -0.481 e. The fourth-order valence-electron chi connectivity index (χ4n) is 0.580. The van der Waals surface area contributed by atoms with Gasteiger partial charge in [0.1, 0.15) is 0 Å². The van der Waals surface area contributed by atoms with Gasteiger partial charge in [-0.1, -0.05) is 0 Å². The molecule has 0 aromatic heterocycles. The summed E-state index contributed by atoms with van der Waals surface area (Å²) < 4.78 is 24.3. The van der Waals surface area contributed by atoms with E-state index in [1.165, 1.54) is 13.8 Å². The maximum atomic E-state index is 11.1. The van der Waals surface area contributed by atoms with Gasteiger partial charge in [0.15, 0.2) is 0 Å². The molecule has 0 rings (SSSR count). The molecular weight excluding hydrogens is 210 g/mol. The summed E-state index contributed by atoms with van der Waals surface area (Å²) in [6.07, 6.45) is -0.443. The summed E-state index contributed by atoms with van der Waals surface area (Å²) in [5.41, 5.74) is -1.14. The first-order chi connectivity index (χ1) is 6.12. The highest BCUT2D eigenvalue weighted by Crippen LogP contribution is 1.99. The quantitative estimate of drug-likeness (QED) is 0.546. The predicted molar refractivity (Wildman–Crippen MR) is 50.3 cm³/mol. The SMILES string of the molecule is CC(C)(O)CNS(=O)(=O)CCC(=O)O. The van der Waals surface area contributed by atoms with Crippen molar-refractivity contribution in [3.05, 3.63) is 0 Å². The Balaban J connectivity index is 4.03.